The van der Waals surface area contributed by atoms with Crippen LogP contribution in [0, 0.1) is 20.2 Å². The molecule has 0 spiro atoms. The van der Waals surface area contributed by atoms with Crippen LogP contribution in [0.4, 0.5) is 17.1 Å². The predicted molar refractivity (Wildman–Crippen MR) is 92.0 cm³/mol. The van der Waals surface area contributed by atoms with Gasteiger partial charge in [0.15, 0.2) is 0 Å². The molecule has 0 radical (unpaired) electrons. The van der Waals surface area contributed by atoms with Crippen molar-refractivity contribution in [1.29, 1.82) is 0 Å². The van der Waals surface area contributed by atoms with E-state index < -0.39 is 21.3 Å². The zero-order chi connectivity index (χ0) is 19.1. The summed E-state index contributed by atoms with van der Waals surface area (Å²) in [6.07, 6.45) is 1.01. The summed E-state index contributed by atoms with van der Waals surface area (Å²) in [5, 5.41) is 26.8. The van der Waals surface area contributed by atoms with Gasteiger partial charge in [0, 0.05) is 43.0 Å². The lowest BCUT2D eigenvalue weighted by atomic mass is 10.3. The number of hydrogen-bond acceptors (Lipinski definition) is 7. The van der Waals surface area contributed by atoms with Crippen LogP contribution in [-0.4, -0.2) is 33.4 Å². The van der Waals surface area contributed by atoms with Gasteiger partial charge in [-0.25, -0.2) is 0 Å². The maximum atomic E-state index is 11.8. The molecule has 0 aliphatic rings. The van der Waals surface area contributed by atoms with E-state index in [-0.39, 0.29) is 24.5 Å². The molecule has 2 rings (SSSR count). The third kappa shape index (κ3) is 5.12. The zero-order valence-electron chi connectivity index (χ0n) is 13.5. The molecule has 1 heterocycles. The van der Waals surface area contributed by atoms with E-state index in [0.717, 1.165) is 22.9 Å². The van der Waals surface area contributed by atoms with Crippen LogP contribution in [0.2, 0.25) is 0 Å². The van der Waals surface area contributed by atoms with E-state index in [2.05, 4.69) is 10.6 Å². The lowest BCUT2D eigenvalue weighted by Gasteiger charge is -2.09. The molecule has 0 unspecified atom stereocenters. The first-order valence-electron chi connectivity index (χ1n) is 7.47. The Morgan fingerprint density at radius 3 is 2.19 bits per heavy atom. The number of hydrogen-bond donors (Lipinski definition) is 2. The number of benzene rings is 1. The van der Waals surface area contributed by atoms with Crippen LogP contribution >= 0.6 is 0 Å². The molecule has 26 heavy (non-hydrogen) atoms. The maximum absolute atomic E-state index is 11.8. The van der Waals surface area contributed by atoms with Gasteiger partial charge in [-0.3, -0.25) is 34.4 Å². The molecule has 0 saturated carbocycles. The van der Waals surface area contributed by atoms with Crippen molar-refractivity contribution in [3.8, 4) is 0 Å². The third-order valence-corrected chi connectivity index (χ3v) is 3.35. The third-order valence-electron chi connectivity index (χ3n) is 3.35. The Balaban J connectivity index is 1.80. The number of anilines is 1. The molecule has 0 saturated heterocycles. The highest BCUT2D eigenvalue weighted by atomic mass is 16.6. The molecular weight excluding hydrogens is 346 g/mol. The van der Waals surface area contributed by atoms with Gasteiger partial charge < -0.3 is 10.6 Å². The molecule has 0 fully saturated rings. The number of amides is 1. The fraction of sp³-hybridized carbons (Fsp3) is 0.200. The Morgan fingerprint density at radius 1 is 0.962 bits per heavy atom. The highest BCUT2D eigenvalue weighted by Crippen LogP contribution is 2.14. The van der Waals surface area contributed by atoms with Gasteiger partial charge in [-0.2, -0.15) is 0 Å². The van der Waals surface area contributed by atoms with Crippen molar-refractivity contribution < 1.29 is 14.6 Å². The lowest BCUT2D eigenvalue weighted by Crippen LogP contribution is -2.34. The topological polar surface area (TPSA) is 149 Å². The van der Waals surface area contributed by atoms with Crippen LogP contribution in [-0.2, 0) is 11.3 Å². The molecule has 1 amide bonds. The largest absolute Gasteiger partial charge is 0.383 e. The minimum atomic E-state index is -0.651. The van der Waals surface area contributed by atoms with Gasteiger partial charge in [0.05, 0.1) is 16.0 Å². The molecule has 1 aromatic carbocycles. The highest BCUT2D eigenvalue weighted by molar-refractivity contribution is 5.75. The Bertz CT molecular complexity index is 877. The summed E-state index contributed by atoms with van der Waals surface area (Å²) in [7, 11) is 0. The van der Waals surface area contributed by atoms with E-state index in [9.17, 15) is 29.8 Å². The van der Waals surface area contributed by atoms with Gasteiger partial charge in [-0.05, 0) is 12.1 Å². The summed E-state index contributed by atoms with van der Waals surface area (Å²) in [5.74, 6) is -0.474. The standard InChI is InChI=1S/C15H15N5O6/c21-14(10-18-9-13(20(25)26)5-6-15(18)22)17-8-7-16-11-1-3-12(4-2-11)19(23)24/h1-6,9,16H,7-8,10H2,(H,17,21). The molecule has 11 heteroatoms. The van der Waals surface area contributed by atoms with Crippen molar-refractivity contribution in [2.24, 2.45) is 0 Å². The number of nitro groups is 2. The number of carbonyl (C=O) groups excluding carboxylic acids is 1. The number of non-ortho nitro benzene ring substituents is 1. The Labute approximate surface area is 146 Å². The van der Waals surface area contributed by atoms with Gasteiger partial charge in [0.25, 0.3) is 16.9 Å². The number of aromatic nitrogens is 1. The van der Waals surface area contributed by atoms with Gasteiger partial charge in [-0.15, -0.1) is 0 Å². The monoisotopic (exact) mass is 361 g/mol. The summed E-state index contributed by atoms with van der Waals surface area (Å²) < 4.78 is 0.956. The molecule has 0 bridgehead atoms. The van der Waals surface area contributed by atoms with E-state index in [1.54, 1.807) is 12.1 Å². The van der Waals surface area contributed by atoms with Crippen molar-refractivity contribution >= 4 is 23.0 Å². The first-order chi connectivity index (χ1) is 12.4. The van der Waals surface area contributed by atoms with Gasteiger partial charge in [0.2, 0.25) is 5.91 Å². The molecule has 0 aliphatic carbocycles. The van der Waals surface area contributed by atoms with E-state index in [1.807, 2.05) is 0 Å². The van der Waals surface area contributed by atoms with Crippen molar-refractivity contribution in [2.75, 3.05) is 18.4 Å². The average Bonchev–Trinajstić information content (AvgIpc) is 2.61. The molecule has 11 nitrogen and oxygen atoms in total. The second-order valence-electron chi connectivity index (χ2n) is 5.19. The van der Waals surface area contributed by atoms with Crippen LogP contribution in [0.1, 0.15) is 0 Å². The minimum Gasteiger partial charge on any atom is -0.383 e. The summed E-state index contributed by atoms with van der Waals surface area (Å²) in [6, 6.07) is 7.91. The Morgan fingerprint density at radius 2 is 1.58 bits per heavy atom. The second-order valence-corrected chi connectivity index (χ2v) is 5.19. The number of carbonyl (C=O) groups is 1. The zero-order valence-corrected chi connectivity index (χ0v) is 13.5. The number of pyridine rings is 1. The quantitative estimate of drug-likeness (QED) is 0.403. The number of nitro benzene ring substituents is 1. The Kier molecular flexibility index (Phi) is 5.98. The van der Waals surface area contributed by atoms with Crippen LogP contribution in [0.25, 0.3) is 0 Å². The summed E-state index contributed by atoms with van der Waals surface area (Å²) >= 11 is 0. The molecule has 0 aliphatic heterocycles. The van der Waals surface area contributed by atoms with Crippen molar-refractivity contribution in [1.82, 2.24) is 9.88 Å². The van der Waals surface area contributed by atoms with Crippen LogP contribution < -0.4 is 16.2 Å². The van der Waals surface area contributed by atoms with E-state index in [1.165, 1.54) is 12.1 Å². The SMILES string of the molecule is O=C(Cn1cc([N+](=O)[O-])ccc1=O)NCCNc1ccc([N+](=O)[O-])cc1. The van der Waals surface area contributed by atoms with E-state index in [4.69, 9.17) is 0 Å². The average molecular weight is 361 g/mol. The van der Waals surface area contributed by atoms with Crippen LogP contribution in [0.15, 0.2) is 47.4 Å². The van der Waals surface area contributed by atoms with Gasteiger partial charge in [0.1, 0.15) is 6.54 Å². The molecule has 1 aromatic heterocycles. The lowest BCUT2D eigenvalue weighted by molar-refractivity contribution is -0.385. The summed E-state index contributed by atoms with van der Waals surface area (Å²) in [4.78, 5) is 43.6. The highest BCUT2D eigenvalue weighted by Gasteiger charge is 2.10. The molecule has 2 N–H and O–H groups in total. The fourth-order valence-electron chi connectivity index (χ4n) is 2.07. The van der Waals surface area contributed by atoms with Gasteiger partial charge in [-0.1, -0.05) is 0 Å². The minimum absolute atomic E-state index is 0.0220. The summed E-state index contributed by atoms with van der Waals surface area (Å²) in [5.41, 5.74) is -0.169. The first kappa shape index (κ1) is 18.6. The Hall–Kier alpha value is -3.76. The first-order valence-corrected chi connectivity index (χ1v) is 7.47. The van der Waals surface area contributed by atoms with E-state index in [0.29, 0.717) is 12.2 Å². The fourth-order valence-corrected chi connectivity index (χ4v) is 2.07. The molecular formula is C15H15N5O6. The number of rotatable bonds is 8. The van der Waals surface area contributed by atoms with Crippen LogP contribution in [0.3, 0.4) is 0 Å². The normalized spacial score (nSPS) is 10.2. The van der Waals surface area contributed by atoms with Crippen LogP contribution in [0.5, 0.6) is 0 Å². The maximum Gasteiger partial charge on any atom is 0.285 e. The molecule has 136 valence electrons. The van der Waals surface area contributed by atoms with Crippen molar-refractivity contribution in [2.45, 2.75) is 6.54 Å². The second kappa shape index (κ2) is 8.37. The number of nitrogens with zero attached hydrogens (tertiary/aromatic N) is 3. The smallest absolute Gasteiger partial charge is 0.285 e. The van der Waals surface area contributed by atoms with Crippen molar-refractivity contribution in [3.63, 3.8) is 0 Å². The molecule has 2 aromatic rings. The summed E-state index contributed by atoms with van der Waals surface area (Å²) in [6.45, 7) is 0.255. The predicted octanol–water partition coefficient (Wildman–Crippen LogP) is 0.893. The van der Waals surface area contributed by atoms with E-state index >= 15 is 0 Å². The van der Waals surface area contributed by atoms with Crippen molar-refractivity contribution in [3.05, 3.63) is 73.2 Å². The number of nitrogens with one attached hydrogen (secondary N) is 2. The molecule has 0 atom stereocenters. The van der Waals surface area contributed by atoms with Gasteiger partial charge >= 0.3 is 0 Å².